The smallest absolute Gasteiger partial charge is 0.251 e. The maximum absolute atomic E-state index is 13.0. The van der Waals surface area contributed by atoms with Gasteiger partial charge in [-0.25, -0.2) is 0 Å². The third-order valence-corrected chi connectivity index (χ3v) is 6.06. The van der Waals surface area contributed by atoms with E-state index >= 15 is 0 Å². The molecule has 0 bridgehead atoms. The molecule has 0 radical (unpaired) electrons. The number of nitrogens with zero attached hydrogens (tertiary/aromatic N) is 3. The number of likely N-dealkylation sites (N-methyl/N-ethyl adjacent to an activating group) is 1. The van der Waals surface area contributed by atoms with Crippen LogP contribution in [0.25, 0.3) is 0 Å². The largest absolute Gasteiger partial charge is 0.344 e. The molecule has 2 aromatic rings. The van der Waals surface area contributed by atoms with Crippen LogP contribution in [0.2, 0.25) is 0 Å². The number of anilines is 1. The molecule has 4 rings (SSSR count). The molecule has 2 saturated heterocycles. The number of amides is 2. The molecule has 6 nitrogen and oxygen atoms in total. The average Bonchev–Trinajstić information content (AvgIpc) is 3.21. The SMILES string of the molecule is CN1CCN(CC(NC(=O)c2ccc(N3CCCC3=O)cc2)c2ccccc2)CC1. The lowest BCUT2D eigenvalue weighted by molar-refractivity contribution is -0.117. The van der Waals surface area contributed by atoms with Crippen LogP contribution >= 0.6 is 0 Å². The van der Waals surface area contributed by atoms with Crippen LogP contribution in [0.1, 0.15) is 34.8 Å². The second kappa shape index (κ2) is 9.41. The monoisotopic (exact) mass is 406 g/mol. The molecular weight excluding hydrogens is 376 g/mol. The van der Waals surface area contributed by atoms with E-state index in [0.717, 1.165) is 56.9 Å². The van der Waals surface area contributed by atoms with Crippen molar-refractivity contribution in [1.82, 2.24) is 15.1 Å². The number of carbonyl (C=O) groups excluding carboxylic acids is 2. The van der Waals surface area contributed by atoms with E-state index in [4.69, 9.17) is 0 Å². The van der Waals surface area contributed by atoms with Gasteiger partial charge in [-0.2, -0.15) is 0 Å². The van der Waals surface area contributed by atoms with Crippen molar-refractivity contribution in [3.63, 3.8) is 0 Å². The molecule has 30 heavy (non-hydrogen) atoms. The first kappa shape index (κ1) is 20.6. The van der Waals surface area contributed by atoms with Gasteiger partial charge in [-0.3, -0.25) is 14.5 Å². The van der Waals surface area contributed by atoms with Crippen LogP contribution < -0.4 is 10.2 Å². The van der Waals surface area contributed by atoms with Gasteiger partial charge in [-0.05, 0) is 43.3 Å². The maximum atomic E-state index is 13.0. The number of carbonyl (C=O) groups is 2. The van der Waals surface area contributed by atoms with Crippen LogP contribution in [0.4, 0.5) is 5.69 Å². The van der Waals surface area contributed by atoms with Gasteiger partial charge in [-0.15, -0.1) is 0 Å². The Morgan fingerprint density at radius 2 is 1.67 bits per heavy atom. The van der Waals surface area contributed by atoms with Crippen molar-refractivity contribution in [3.05, 3.63) is 65.7 Å². The molecule has 6 heteroatoms. The molecule has 0 spiro atoms. The van der Waals surface area contributed by atoms with Crippen molar-refractivity contribution < 1.29 is 9.59 Å². The van der Waals surface area contributed by atoms with Gasteiger partial charge in [0.05, 0.1) is 6.04 Å². The minimum atomic E-state index is -0.0859. The second-order valence-electron chi connectivity index (χ2n) is 8.24. The van der Waals surface area contributed by atoms with Gasteiger partial charge in [0.15, 0.2) is 0 Å². The lowest BCUT2D eigenvalue weighted by atomic mass is 10.0. The van der Waals surface area contributed by atoms with Crippen LogP contribution in [-0.2, 0) is 4.79 Å². The Balaban J connectivity index is 1.45. The summed E-state index contributed by atoms with van der Waals surface area (Å²) in [6, 6.07) is 17.5. The second-order valence-corrected chi connectivity index (χ2v) is 8.24. The number of piperazine rings is 1. The molecule has 2 heterocycles. The predicted octanol–water partition coefficient (Wildman–Crippen LogP) is 2.53. The van der Waals surface area contributed by atoms with E-state index in [0.29, 0.717) is 12.0 Å². The van der Waals surface area contributed by atoms with E-state index in [2.05, 4.69) is 34.3 Å². The van der Waals surface area contributed by atoms with Crippen molar-refractivity contribution in [2.24, 2.45) is 0 Å². The number of benzene rings is 2. The third-order valence-electron chi connectivity index (χ3n) is 6.06. The predicted molar refractivity (Wildman–Crippen MR) is 119 cm³/mol. The van der Waals surface area contributed by atoms with Crippen LogP contribution in [-0.4, -0.2) is 67.9 Å². The minimum absolute atomic E-state index is 0.0676. The highest BCUT2D eigenvalue weighted by Gasteiger charge is 2.23. The molecule has 0 saturated carbocycles. The van der Waals surface area contributed by atoms with Gasteiger partial charge in [0, 0.05) is 56.9 Å². The Labute approximate surface area is 178 Å². The summed E-state index contributed by atoms with van der Waals surface area (Å²) in [7, 11) is 2.15. The zero-order valence-electron chi connectivity index (χ0n) is 17.6. The summed E-state index contributed by atoms with van der Waals surface area (Å²) in [6.07, 6.45) is 1.50. The zero-order chi connectivity index (χ0) is 20.9. The van der Waals surface area contributed by atoms with Gasteiger partial charge in [-0.1, -0.05) is 30.3 Å². The molecule has 1 atom stereocenters. The molecule has 158 valence electrons. The van der Waals surface area contributed by atoms with Crippen molar-refractivity contribution in [3.8, 4) is 0 Å². The number of nitrogens with one attached hydrogen (secondary N) is 1. The van der Waals surface area contributed by atoms with E-state index in [1.54, 1.807) is 4.90 Å². The Hall–Kier alpha value is -2.70. The van der Waals surface area contributed by atoms with Crippen LogP contribution in [0, 0.1) is 0 Å². The lowest BCUT2D eigenvalue weighted by Gasteiger charge is -2.35. The Morgan fingerprint density at radius 1 is 0.967 bits per heavy atom. The maximum Gasteiger partial charge on any atom is 0.251 e. The van der Waals surface area contributed by atoms with Crippen molar-refractivity contribution >= 4 is 17.5 Å². The first-order valence-corrected chi connectivity index (χ1v) is 10.8. The summed E-state index contributed by atoms with van der Waals surface area (Å²) >= 11 is 0. The zero-order valence-corrected chi connectivity index (χ0v) is 17.6. The van der Waals surface area contributed by atoms with E-state index in [-0.39, 0.29) is 17.9 Å². The summed E-state index contributed by atoms with van der Waals surface area (Å²) in [6.45, 7) is 5.66. The highest BCUT2D eigenvalue weighted by molar-refractivity contribution is 5.97. The first-order valence-electron chi connectivity index (χ1n) is 10.8. The summed E-state index contributed by atoms with van der Waals surface area (Å²) in [5, 5.41) is 3.23. The molecule has 1 N–H and O–H groups in total. The molecule has 0 aromatic heterocycles. The fourth-order valence-corrected chi connectivity index (χ4v) is 4.16. The number of hydrogen-bond acceptors (Lipinski definition) is 4. The molecule has 0 aliphatic carbocycles. The van der Waals surface area contributed by atoms with Crippen molar-refractivity contribution in [2.75, 3.05) is 51.2 Å². The third kappa shape index (κ3) is 4.89. The molecule has 1 unspecified atom stereocenters. The summed E-state index contributed by atoms with van der Waals surface area (Å²) in [5.41, 5.74) is 2.60. The number of hydrogen-bond donors (Lipinski definition) is 1. The standard InChI is InChI=1S/C24H30N4O2/c1-26-14-16-27(17-15-26)18-22(19-6-3-2-4-7-19)25-24(30)20-9-11-21(12-10-20)28-13-5-8-23(28)29/h2-4,6-7,9-12,22H,5,8,13-18H2,1H3,(H,25,30). The summed E-state index contributed by atoms with van der Waals surface area (Å²) < 4.78 is 0. The fourth-order valence-electron chi connectivity index (χ4n) is 4.16. The van der Waals surface area contributed by atoms with Gasteiger partial charge < -0.3 is 15.1 Å². The van der Waals surface area contributed by atoms with Gasteiger partial charge >= 0.3 is 0 Å². The van der Waals surface area contributed by atoms with Gasteiger partial charge in [0.1, 0.15) is 0 Å². The molecular formula is C24H30N4O2. The summed E-state index contributed by atoms with van der Waals surface area (Å²) in [5.74, 6) is 0.0702. The highest BCUT2D eigenvalue weighted by Crippen LogP contribution is 2.22. The average molecular weight is 407 g/mol. The fraction of sp³-hybridized carbons (Fsp3) is 0.417. The topological polar surface area (TPSA) is 55.9 Å². The Kier molecular flexibility index (Phi) is 6.45. The van der Waals surface area contributed by atoms with E-state index < -0.39 is 0 Å². The Bertz CT molecular complexity index is 861. The molecule has 2 fully saturated rings. The van der Waals surface area contributed by atoms with Crippen LogP contribution in [0.15, 0.2) is 54.6 Å². The lowest BCUT2D eigenvalue weighted by Crippen LogP contribution is -2.47. The van der Waals surface area contributed by atoms with Crippen molar-refractivity contribution in [1.29, 1.82) is 0 Å². The van der Waals surface area contributed by atoms with E-state index in [9.17, 15) is 9.59 Å². The molecule has 2 amide bonds. The van der Waals surface area contributed by atoms with Crippen LogP contribution in [0.5, 0.6) is 0 Å². The quantitative estimate of drug-likeness (QED) is 0.801. The summed E-state index contributed by atoms with van der Waals surface area (Å²) in [4.78, 5) is 31.5. The molecule has 2 aromatic carbocycles. The normalized spacial score (nSPS) is 19.1. The van der Waals surface area contributed by atoms with Crippen molar-refractivity contribution in [2.45, 2.75) is 18.9 Å². The van der Waals surface area contributed by atoms with E-state index in [1.807, 2.05) is 42.5 Å². The minimum Gasteiger partial charge on any atom is -0.344 e. The highest BCUT2D eigenvalue weighted by atomic mass is 16.2. The van der Waals surface area contributed by atoms with E-state index in [1.165, 1.54) is 0 Å². The molecule has 2 aliphatic rings. The van der Waals surface area contributed by atoms with Gasteiger partial charge in [0.2, 0.25) is 5.91 Å². The van der Waals surface area contributed by atoms with Gasteiger partial charge in [0.25, 0.3) is 5.91 Å². The molecule has 2 aliphatic heterocycles. The van der Waals surface area contributed by atoms with Crippen LogP contribution in [0.3, 0.4) is 0 Å². The first-order chi connectivity index (χ1) is 14.6. The number of rotatable bonds is 6. The Morgan fingerprint density at radius 3 is 2.30 bits per heavy atom.